The van der Waals surface area contributed by atoms with Gasteiger partial charge in [-0.2, -0.15) is 0 Å². The maximum absolute atomic E-state index is 12.5. The zero-order chi connectivity index (χ0) is 19.4. The molecule has 0 spiro atoms. The fraction of sp³-hybridized carbons (Fsp3) is 0.429. The summed E-state index contributed by atoms with van der Waals surface area (Å²) in [4.78, 5) is 28.8. The molecule has 0 aliphatic carbocycles. The molecular weight excluding hydrogens is 342 g/mol. The molecule has 1 saturated heterocycles. The predicted molar refractivity (Wildman–Crippen MR) is 104 cm³/mol. The zero-order valence-corrected chi connectivity index (χ0v) is 15.9. The second kappa shape index (κ2) is 8.39. The summed E-state index contributed by atoms with van der Waals surface area (Å²) in [5, 5.41) is 12.1. The van der Waals surface area contributed by atoms with Crippen LogP contribution in [0, 0.1) is 13.8 Å². The number of piperidine rings is 1. The number of carboxylic acid groups (broad SMARTS) is 1. The summed E-state index contributed by atoms with van der Waals surface area (Å²) in [5.74, 6) is -0.638. The third-order valence-corrected chi connectivity index (χ3v) is 5.45. The van der Waals surface area contributed by atoms with Gasteiger partial charge in [-0.15, -0.1) is 0 Å². The Morgan fingerprint density at radius 2 is 1.85 bits per heavy atom. The largest absolute Gasteiger partial charge is 0.477 e. The van der Waals surface area contributed by atoms with Crippen molar-refractivity contribution >= 4 is 11.9 Å². The number of aromatic nitrogens is 1. The summed E-state index contributed by atoms with van der Waals surface area (Å²) in [6.45, 7) is 6.81. The van der Waals surface area contributed by atoms with Gasteiger partial charge in [0.25, 0.3) is 5.91 Å². The Labute approximate surface area is 159 Å². The first kappa shape index (κ1) is 19.2. The molecule has 0 bridgehead atoms. The molecule has 1 amide bonds. The molecule has 1 fully saturated rings. The Balaban J connectivity index is 1.47. The van der Waals surface area contributed by atoms with Gasteiger partial charge in [0, 0.05) is 18.8 Å². The monoisotopic (exact) mass is 369 g/mol. The number of carbonyl (C=O) groups excluding carboxylic acids is 1. The molecule has 144 valence electrons. The van der Waals surface area contributed by atoms with Crippen LogP contribution in [-0.2, 0) is 0 Å². The van der Waals surface area contributed by atoms with Crippen molar-refractivity contribution in [2.24, 2.45) is 0 Å². The topological polar surface area (TPSA) is 85.4 Å². The van der Waals surface area contributed by atoms with Crippen LogP contribution in [0.15, 0.2) is 30.3 Å². The van der Waals surface area contributed by atoms with Crippen molar-refractivity contribution in [1.82, 2.24) is 15.2 Å². The molecular formula is C21H27N3O3. The number of carboxylic acids is 1. The summed E-state index contributed by atoms with van der Waals surface area (Å²) in [5.41, 5.74) is 3.01. The molecule has 1 aliphatic heterocycles. The number of likely N-dealkylation sites (tertiary alicyclic amines) is 1. The normalized spacial score (nSPS) is 15.6. The van der Waals surface area contributed by atoms with Gasteiger partial charge in [0.05, 0.1) is 5.56 Å². The van der Waals surface area contributed by atoms with Crippen LogP contribution in [-0.4, -0.2) is 53.0 Å². The van der Waals surface area contributed by atoms with E-state index in [0.717, 1.165) is 32.5 Å². The molecule has 0 atom stereocenters. The van der Waals surface area contributed by atoms with Crippen LogP contribution in [0.2, 0.25) is 0 Å². The average Bonchev–Trinajstić information content (AvgIpc) is 2.97. The van der Waals surface area contributed by atoms with E-state index < -0.39 is 5.97 Å². The van der Waals surface area contributed by atoms with Gasteiger partial charge in [-0.25, -0.2) is 4.79 Å². The van der Waals surface area contributed by atoms with Crippen molar-refractivity contribution in [1.29, 1.82) is 0 Å². The van der Waals surface area contributed by atoms with Crippen molar-refractivity contribution < 1.29 is 14.7 Å². The van der Waals surface area contributed by atoms with Crippen molar-refractivity contribution in [3.63, 3.8) is 0 Å². The SMILES string of the molecule is Cc1[nH]c(C(=O)O)c(C)c1C(=O)NCCN1CCC(c2ccccc2)CC1. The highest BCUT2D eigenvalue weighted by Crippen LogP contribution is 2.27. The summed E-state index contributed by atoms with van der Waals surface area (Å²) in [6.07, 6.45) is 2.27. The van der Waals surface area contributed by atoms with Crippen molar-refractivity contribution in [2.75, 3.05) is 26.2 Å². The van der Waals surface area contributed by atoms with E-state index in [0.29, 0.717) is 29.3 Å². The van der Waals surface area contributed by atoms with Gasteiger partial charge in [-0.1, -0.05) is 30.3 Å². The molecule has 2 heterocycles. The Kier molecular flexibility index (Phi) is 5.96. The smallest absolute Gasteiger partial charge is 0.352 e. The second-order valence-electron chi connectivity index (χ2n) is 7.21. The Morgan fingerprint density at radius 3 is 2.44 bits per heavy atom. The Hall–Kier alpha value is -2.60. The van der Waals surface area contributed by atoms with E-state index in [2.05, 4.69) is 45.5 Å². The summed E-state index contributed by atoms with van der Waals surface area (Å²) in [6, 6.07) is 10.6. The molecule has 0 radical (unpaired) electrons. The number of nitrogens with zero attached hydrogens (tertiary/aromatic N) is 1. The van der Waals surface area contributed by atoms with Gasteiger partial charge in [-0.05, 0) is 56.8 Å². The van der Waals surface area contributed by atoms with Gasteiger partial charge in [-0.3, -0.25) is 4.79 Å². The van der Waals surface area contributed by atoms with Gasteiger partial charge in [0.2, 0.25) is 0 Å². The molecule has 0 saturated carbocycles. The van der Waals surface area contributed by atoms with E-state index in [9.17, 15) is 9.59 Å². The number of amides is 1. The predicted octanol–water partition coefficient (Wildman–Crippen LogP) is 2.94. The molecule has 2 aromatic rings. The van der Waals surface area contributed by atoms with Crippen LogP contribution < -0.4 is 5.32 Å². The van der Waals surface area contributed by atoms with Gasteiger partial charge in [0.15, 0.2) is 0 Å². The number of aromatic carboxylic acids is 1. The minimum atomic E-state index is -1.05. The zero-order valence-electron chi connectivity index (χ0n) is 15.9. The van der Waals surface area contributed by atoms with E-state index in [1.54, 1.807) is 13.8 Å². The lowest BCUT2D eigenvalue weighted by Gasteiger charge is -2.32. The van der Waals surface area contributed by atoms with Crippen LogP contribution in [0.1, 0.15) is 56.4 Å². The minimum Gasteiger partial charge on any atom is -0.477 e. The van der Waals surface area contributed by atoms with E-state index in [1.807, 2.05) is 0 Å². The second-order valence-corrected chi connectivity index (χ2v) is 7.21. The van der Waals surface area contributed by atoms with E-state index in [1.165, 1.54) is 5.56 Å². The molecule has 1 aromatic carbocycles. The number of benzene rings is 1. The number of hydrogen-bond donors (Lipinski definition) is 3. The van der Waals surface area contributed by atoms with Gasteiger partial charge < -0.3 is 20.3 Å². The number of aryl methyl sites for hydroxylation is 1. The molecule has 27 heavy (non-hydrogen) atoms. The van der Waals surface area contributed by atoms with Gasteiger partial charge in [0.1, 0.15) is 5.69 Å². The van der Waals surface area contributed by atoms with Crippen LogP contribution in [0.5, 0.6) is 0 Å². The number of aromatic amines is 1. The van der Waals surface area contributed by atoms with Crippen LogP contribution in [0.4, 0.5) is 0 Å². The first-order chi connectivity index (χ1) is 13.0. The summed E-state index contributed by atoms with van der Waals surface area (Å²) >= 11 is 0. The maximum Gasteiger partial charge on any atom is 0.352 e. The van der Waals surface area contributed by atoms with Crippen LogP contribution in [0.3, 0.4) is 0 Å². The first-order valence-corrected chi connectivity index (χ1v) is 9.45. The fourth-order valence-corrected chi connectivity index (χ4v) is 3.94. The number of hydrogen-bond acceptors (Lipinski definition) is 3. The first-order valence-electron chi connectivity index (χ1n) is 9.45. The summed E-state index contributed by atoms with van der Waals surface area (Å²) < 4.78 is 0. The molecule has 6 nitrogen and oxygen atoms in total. The number of nitrogens with one attached hydrogen (secondary N) is 2. The number of rotatable bonds is 6. The highest BCUT2D eigenvalue weighted by Gasteiger charge is 2.22. The highest BCUT2D eigenvalue weighted by atomic mass is 16.4. The summed E-state index contributed by atoms with van der Waals surface area (Å²) in [7, 11) is 0. The third kappa shape index (κ3) is 4.39. The molecule has 6 heteroatoms. The standard InChI is InChI=1S/C21H27N3O3/c1-14-18(15(2)23-19(14)21(26)27)20(25)22-10-13-24-11-8-17(9-12-24)16-6-4-3-5-7-16/h3-7,17,23H,8-13H2,1-2H3,(H,22,25)(H,26,27). The number of carbonyl (C=O) groups is 2. The van der Waals surface area contributed by atoms with Crippen molar-refractivity contribution in [2.45, 2.75) is 32.6 Å². The lowest BCUT2D eigenvalue weighted by molar-refractivity contribution is 0.0690. The Morgan fingerprint density at radius 1 is 1.19 bits per heavy atom. The third-order valence-electron chi connectivity index (χ3n) is 5.45. The minimum absolute atomic E-state index is 0.0839. The molecule has 1 aliphatic rings. The quantitative estimate of drug-likeness (QED) is 0.731. The average molecular weight is 369 g/mol. The number of H-pyrrole nitrogens is 1. The lowest BCUT2D eigenvalue weighted by Crippen LogP contribution is -2.39. The maximum atomic E-state index is 12.5. The lowest BCUT2D eigenvalue weighted by atomic mass is 9.89. The van der Waals surface area contributed by atoms with Gasteiger partial charge >= 0.3 is 5.97 Å². The molecule has 0 unspecified atom stereocenters. The molecule has 3 N–H and O–H groups in total. The highest BCUT2D eigenvalue weighted by molar-refractivity contribution is 6.00. The van der Waals surface area contributed by atoms with Crippen LogP contribution >= 0.6 is 0 Å². The Bertz CT molecular complexity index is 806. The van der Waals surface area contributed by atoms with Crippen LogP contribution in [0.25, 0.3) is 0 Å². The van der Waals surface area contributed by atoms with Crippen molar-refractivity contribution in [3.05, 3.63) is 58.4 Å². The van der Waals surface area contributed by atoms with E-state index in [-0.39, 0.29) is 11.6 Å². The fourth-order valence-electron chi connectivity index (χ4n) is 3.94. The van der Waals surface area contributed by atoms with E-state index in [4.69, 9.17) is 5.11 Å². The molecule has 3 rings (SSSR count). The van der Waals surface area contributed by atoms with E-state index >= 15 is 0 Å². The molecule has 1 aromatic heterocycles. The van der Waals surface area contributed by atoms with Crippen molar-refractivity contribution in [3.8, 4) is 0 Å².